The van der Waals surface area contributed by atoms with Crippen molar-refractivity contribution in [1.29, 1.82) is 0 Å². The Morgan fingerprint density at radius 3 is 2.16 bits per heavy atom. The first-order chi connectivity index (χ1) is 15.0. The van der Waals surface area contributed by atoms with Crippen LogP contribution in [0.4, 0.5) is 5.69 Å². The number of benzene rings is 2. The summed E-state index contributed by atoms with van der Waals surface area (Å²) in [6.07, 6.45) is 1.45. The van der Waals surface area contributed by atoms with Gasteiger partial charge in [0.15, 0.2) is 0 Å². The standard InChI is InChI=1S/C24H21NO6/c1-14-9-11-15(12-10-14)25-21(18-8-5-13-31-18)20(23(27)24(25)28)22(26)19-16(29-2)6-4-7-17(19)30-3/h4-13,21,26H,1-3H3/b22-20+. The largest absolute Gasteiger partial charge is 0.506 e. The maximum atomic E-state index is 13.1. The Labute approximate surface area is 179 Å². The average Bonchev–Trinajstić information content (AvgIpc) is 3.40. The number of furan rings is 1. The van der Waals surface area contributed by atoms with Gasteiger partial charge >= 0.3 is 0 Å². The molecule has 0 radical (unpaired) electrons. The van der Waals surface area contributed by atoms with Gasteiger partial charge in [-0.2, -0.15) is 0 Å². The first kappa shape index (κ1) is 20.3. The number of aryl methyl sites for hydroxylation is 1. The molecule has 1 amide bonds. The molecule has 2 aromatic carbocycles. The van der Waals surface area contributed by atoms with Crippen LogP contribution in [-0.2, 0) is 9.59 Å². The number of Topliss-reactive ketones (excluding diaryl/α,β-unsaturated/α-hetero) is 1. The number of rotatable bonds is 5. The molecule has 0 aliphatic carbocycles. The summed E-state index contributed by atoms with van der Waals surface area (Å²) >= 11 is 0. The minimum atomic E-state index is -0.952. The summed E-state index contributed by atoms with van der Waals surface area (Å²) in [5, 5.41) is 11.3. The minimum Gasteiger partial charge on any atom is -0.506 e. The van der Waals surface area contributed by atoms with E-state index in [4.69, 9.17) is 13.9 Å². The predicted octanol–water partition coefficient (Wildman–Crippen LogP) is 4.23. The Morgan fingerprint density at radius 1 is 0.968 bits per heavy atom. The second-order valence-corrected chi connectivity index (χ2v) is 7.06. The van der Waals surface area contributed by atoms with E-state index in [1.54, 1.807) is 42.5 Å². The van der Waals surface area contributed by atoms with Gasteiger partial charge in [-0.15, -0.1) is 0 Å². The molecule has 1 atom stereocenters. The van der Waals surface area contributed by atoms with Crippen molar-refractivity contribution in [2.24, 2.45) is 0 Å². The molecule has 1 aromatic heterocycles. The molecule has 7 heteroatoms. The summed E-state index contributed by atoms with van der Waals surface area (Å²) in [5.74, 6) is -1.04. The number of anilines is 1. The third-order valence-corrected chi connectivity index (χ3v) is 5.23. The molecule has 1 N–H and O–H groups in total. The summed E-state index contributed by atoms with van der Waals surface area (Å²) < 4.78 is 16.3. The Bertz CT molecular complexity index is 1140. The molecular formula is C24H21NO6. The van der Waals surface area contributed by atoms with Crippen LogP contribution < -0.4 is 14.4 Å². The lowest BCUT2D eigenvalue weighted by molar-refractivity contribution is -0.132. The Hall–Kier alpha value is -4.00. The van der Waals surface area contributed by atoms with E-state index in [1.165, 1.54) is 25.4 Å². The van der Waals surface area contributed by atoms with Gasteiger partial charge in [0, 0.05) is 5.69 Å². The van der Waals surface area contributed by atoms with Crippen molar-refractivity contribution in [1.82, 2.24) is 0 Å². The van der Waals surface area contributed by atoms with Crippen molar-refractivity contribution >= 4 is 23.1 Å². The van der Waals surface area contributed by atoms with E-state index in [2.05, 4.69) is 0 Å². The quantitative estimate of drug-likeness (QED) is 0.378. The van der Waals surface area contributed by atoms with Crippen LogP contribution in [0.2, 0.25) is 0 Å². The predicted molar refractivity (Wildman–Crippen MR) is 114 cm³/mol. The topological polar surface area (TPSA) is 89.2 Å². The highest BCUT2D eigenvalue weighted by molar-refractivity contribution is 6.51. The van der Waals surface area contributed by atoms with Gasteiger partial charge in [0.05, 0.1) is 26.1 Å². The Morgan fingerprint density at radius 2 is 1.61 bits per heavy atom. The number of carbonyl (C=O) groups excluding carboxylic acids is 2. The van der Waals surface area contributed by atoms with Crippen molar-refractivity contribution < 1.29 is 28.6 Å². The first-order valence-electron chi connectivity index (χ1n) is 9.60. The molecule has 0 saturated carbocycles. The number of nitrogens with zero attached hydrogens (tertiary/aromatic N) is 1. The van der Waals surface area contributed by atoms with Crippen LogP contribution in [0.1, 0.15) is 22.9 Å². The highest BCUT2D eigenvalue weighted by Crippen LogP contribution is 2.45. The van der Waals surface area contributed by atoms with Gasteiger partial charge in [0.2, 0.25) is 0 Å². The zero-order valence-electron chi connectivity index (χ0n) is 17.3. The Balaban J connectivity index is 1.98. The lowest BCUT2D eigenvalue weighted by atomic mass is 9.98. The third kappa shape index (κ3) is 3.34. The normalized spacial score (nSPS) is 17.8. The molecule has 1 saturated heterocycles. The summed E-state index contributed by atoms with van der Waals surface area (Å²) in [7, 11) is 2.89. The number of methoxy groups -OCH3 is 2. The SMILES string of the molecule is COc1cccc(OC)c1/C(O)=C1\C(=O)C(=O)N(c2ccc(C)cc2)C1c1ccco1. The van der Waals surface area contributed by atoms with E-state index >= 15 is 0 Å². The van der Waals surface area contributed by atoms with Gasteiger partial charge in [-0.3, -0.25) is 14.5 Å². The number of hydrogen-bond donors (Lipinski definition) is 1. The lowest BCUT2D eigenvalue weighted by Gasteiger charge is -2.23. The molecule has 0 bridgehead atoms. The molecule has 2 heterocycles. The van der Waals surface area contributed by atoms with E-state index in [9.17, 15) is 14.7 Å². The second-order valence-electron chi connectivity index (χ2n) is 7.06. The zero-order chi connectivity index (χ0) is 22.1. The smallest absolute Gasteiger partial charge is 0.300 e. The maximum absolute atomic E-state index is 13.1. The van der Waals surface area contributed by atoms with Crippen molar-refractivity contribution in [3.05, 3.63) is 83.3 Å². The van der Waals surface area contributed by atoms with Gasteiger partial charge in [-0.25, -0.2) is 0 Å². The van der Waals surface area contributed by atoms with E-state index in [0.717, 1.165) is 5.56 Å². The molecule has 1 aliphatic rings. The van der Waals surface area contributed by atoms with Gasteiger partial charge < -0.3 is 19.0 Å². The van der Waals surface area contributed by atoms with Crippen LogP contribution >= 0.6 is 0 Å². The maximum Gasteiger partial charge on any atom is 0.300 e. The summed E-state index contributed by atoms with van der Waals surface area (Å²) in [6, 6.07) is 14.5. The van der Waals surface area contributed by atoms with Gasteiger partial charge in [-0.1, -0.05) is 23.8 Å². The molecule has 158 valence electrons. The molecule has 1 unspecified atom stereocenters. The highest BCUT2D eigenvalue weighted by Gasteiger charge is 2.48. The first-order valence-corrected chi connectivity index (χ1v) is 9.60. The fourth-order valence-electron chi connectivity index (χ4n) is 3.74. The molecule has 4 rings (SSSR count). The van der Waals surface area contributed by atoms with Crippen molar-refractivity contribution in [2.75, 3.05) is 19.1 Å². The van der Waals surface area contributed by atoms with E-state index < -0.39 is 23.5 Å². The van der Waals surface area contributed by atoms with E-state index in [0.29, 0.717) is 22.9 Å². The number of hydrogen-bond acceptors (Lipinski definition) is 6. The molecule has 3 aromatic rings. The van der Waals surface area contributed by atoms with E-state index in [-0.39, 0.29) is 11.1 Å². The number of aliphatic hydroxyl groups is 1. The van der Waals surface area contributed by atoms with Crippen LogP contribution in [0, 0.1) is 6.92 Å². The monoisotopic (exact) mass is 419 g/mol. The van der Waals surface area contributed by atoms with Crippen molar-refractivity contribution in [3.63, 3.8) is 0 Å². The van der Waals surface area contributed by atoms with Crippen molar-refractivity contribution in [3.8, 4) is 11.5 Å². The number of carbonyl (C=O) groups is 2. The summed E-state index contributed by atoms with van der Waals surface area (Å²) in [5.41, 5.74) is 1.60. The number of amides is 1. The van der Waals surface area contributed by atoms with Crippen LogP contribution in [0.5, 0.6) is 11.5 Å². The van der Waals surface area contributed by atoms with Crippen LogP contribution in [0.15, 0.2) is 70.9 Å². The average molecular weight is 419 g/mol. The molecule has 31 heavy (non-hydrogen) atoms. The number of ketones is 1. The minimum absolute atomic E-state index is 0.108. The van der Waals surface area contributed by atoms with Gasteiger partial charge in [-0.05, 0) is 43.3 Å². The van der Waals surface area contributed by atoms with Crippen molar-refractivity contribution in [2.45, 2.75) is 13.0 Å². The second kappa shape index (κ2) is 8.02. The van der Waals surface area contributed by atoms with Crippen LogP contribution in [0.25, 0.3) is 5.76 Å². The van der Waals surface area contributed by atoms with E-state index in [1.807, 2.05) is 19.1 Å². The molecule has 1 aliphatic heterocycles. The van der Waals surface area contributed by atoms with Crippen LogP contribution in [-0.4, -0.2) is 31.0 Å². The molecule has 7 nitrogen and oxygen atoms in total. The molecular weight excluding hydrogens is 398 g/mol. The summed E-state index contributed by atoms with van der Waals surface area (Å²) in [4.78, 5) is 27.5. The highest BCUT2D eigenvalue weighted by atomic mass is 16.5. The van der Waals surface area contributed by atoms with Crippen LogP contribution in [0.3, 0.4) is 0 Å². The lowest BCUT2D eigenvalue weighted by Crippen LogP contribution is -2.29. The fourth-order valence-corrected chi connectivity index (χ4v) is 3.74. The van der Waals surface area contributed by atoms with Gasteiger partial charge in [0.25, 0.3) is 11.7 Å². The molecule has 0 spiro atoms. The number of aliphatic hydroxyl groups excluding tert-OH is 1. The third-order valence-electron chi connectivity index (χ3n) is 5.23. The summed E-state index contributed by atoms with van der Waals surface area (Å²) in [6.45, 7) is 1.93. The molecule has 1 fully saturated rings. The van der Waals surface area contributed by atoms with Gasteiger partial charge in [0.1, 0.15) is 34.6 Å². The fraction of sp³-hybridized carbons (Fsp3) is 0.167. The Kier molecular flexibility index (Phi) is 5.25. The zero-order valence-corrected chi connectivity index (χ0v) is 17.3. The number of ether oxygens (including phenoxy) is 2.